The number of aromatic nitrogens is 2. The van der Waals surface area contributed by atoms with E-state index in [1.807, 2.05) is 24.3 Å². The van der Waals surface area contributed by atoms with Crippen molar-refractivity contribution in [3.63, 3.8) is 0 Å². The largest absolute Gasteiger partial charge is 0.496 e. The van der Waals surface area contributed by atoms with Crippen LogP contribution in [0.1, 0.15) is 36.2 Å². The van der Waals surface area contributed by atoms with Crippen molar-refractivity contribution < 1.29 is 9.15 Å². The lowest BCUT2D eigenvalue weighted by atomic mass is 10.1. The fourth-order valence-electron chi connectivity index (χ4n) is 2.39. The summed E-state index contributed by atoms with van der Waals surface area (Å²) in [4.78, 5) is 0. The van der Waals surface area contributed by atoms with Crippen LogP contribution in [0.2, 0.25) is 0 Å². The van der Waals surface area contributed by atoms with Gasteiger partial charge >= 0.3 is 0 Å². The van der Waals surface area contributed by atoms with Crippen LogP contribution in [0.15, 0.2) is 28.7 Å². The number of rotatable bonds is 4. The van der Waals surface area contributed by atoms with E-state index in [0.29, 0.717) is 18.2 Å². The van der Waals surface area contributed by atoms with Crippen LogP contribution in [0.4, 0.5) is 0 Å². The van der Waals surface area contributed by atoms with E-state index in [2.05, 4.69) is 15.5 Å². The fraction of sp³-hybridized carbons (Fsp3) is 0.429. The number of methoxy groups -OCH3 is 1. The topological polar surface area (TPSA) is 60.2 Å². The Kier molecular flexibility index (Phi) is 3.46. The van der Waals surface area contributed by atoms with Gasteiger partial charge in [-0.1, -0.05) is 18.2 Å². The summed E-state index contributed by atoms with van der Waals surface area (Å²) >= 11 is 0. The predicted molar refractivity (Wildman–Crippen MR) is 70.1 cm³/mol. The maximum Gasteiger partial charge on any atom is 0.233 e. The third-order valence-electron chi connectivity index (χ3n) is 3.38. The summed E-state index contributed by atoms with van der Waals surface area (Å²) < 4.78 is 11.1. The van der Waals surface area contributed by atoms with Gasteiger partial charge in [0.15, 0.2) is 0 Å². The highest BCUT2D eigenvalue weighted by Crippen LogP contribution is 2.24. The Morgan fingerprint density at radius 3 is 3.05 bits per heavy atom. The minimum atomic E-state index is 0.221. The van der Waals surface area contributed by atoms with Crippen LogP contribution in [0.25, 0.3) is 0 Å². The molecule has 0 radical (unpaired) electrons. The average Bonchev–Trinajstić information content (AvgIpc) is 3.09. The Bertz CT molecular complexity index is 547. The lowest BCUT2D eigenvalue weighted by Crippen LogP contribution is -2.12. The number of para-hydroxylation sites is 1. The van der Waals surface area contributed by atoms with Gasteiger partial charge in [-0.3, -0.25) is 0 Å². The SMILES string of the molecule is COc1ccccc1Cc1nnc(C2CCCN2)o1. The molecule has 0 amide bonds. The van der Waals surface area contributed by atoms with E-state index < -0.39 is 0 Å². The van der Waals surface area contributed by atoms with E-state index in [4.69, 9.17) is 9.15 Å². The van der Waals surface area contributed by atoms with Crippen molar-refractivity contribution in [2.75, 3.05) is 13.7 Å². The lowest BCUT2D eigenvalue weighted by Gasteiger charge is -2.05. The van der Waals surface area contributed by atoms with E-state index in [9.17, 15) is 0 Å². The summed E-state index contributed by atoms with van der Waals surface area (Å²) in [5.41, 5.74) is 1.06. The number of nitrogens with one attached hydrogen (secondary N) is 1. The molecule has 1 saturated heterocycles. The first-order valence-electron chi connectivity index (χ1n) is 6.54. The van der Waals surface area contributed by atoms with Gasteiger partial charge in [0, 0.05) is 5.56 Å². The number of hydrogen-bond acceptors (Lipinski definition) is 5. The second kappa shape index (κ2) is 5.40. The van der Waals surface area contributed by atoms with E-state index in [1.54, 1.807) is 7.11 Å². The van der Waals surface area contributed by atoms with E-state index in [-0.39, 0.29) is 6.04 Å². The van der Waals surface area contributed by atoms with E-state index >= 15 is 0 Å². The molecule has 0 aliphatic carbocycles. The zero-order valence-electron chi connectivity index (χ0n) is 10.9. The van der Waals surface area contributed by atoms with Gasteiger partial charge in [-0.2, -0.15) is 0 Å². The summed E-state index contributed by atoms with van der Waals surface area (Å²) in [5.74, 6) is 2.18. The third-order valence-corrected chi connectivity index (χ3v) is 3.38. The standard InChI is InChI=1S/C14H17N3O2/c1-18-12-7-3-2-5-10(12)9-13-16-17-14(19-13)11-6-4-8-15-11/h2-3,5,7,11,15H,4,6,8-9H2,1H3. The van der Waals surface area contributed by atoms with Gasteiger partial charge in [-0.05, 0) is 25.5 Å². The maximum atomic E-state index is 5.73. The molecular formula is C14H17N3O2. The Hall–Kier alpha value is -1.88. The molecule has 3 rings (SSSR count). The van der Waals surface area contributed by atoms with Crippen LogP contribution >= 0.6 is 0 Å². The Labute approximate surface area is 112 Å². The van der Waals surface area contributed by atoms with Crippen molar-refractivity contribution in [1.82, 2.24) is 15.5 Å². The monoisotopic (exact) mass is 259 g/mol. The molecule has 1 aromatic heterocycles. The molecule has 1 aliphatic rings. The molecule has 5 heteroatoms. The Morgan fingerprint density at radius 1 is 1.37 bits per heavy atom. The predicted octanol–water partition coefficient (Wildman–Crippen LogP) is 2.09. The molecule has 1 fully saturated rings. The molecule has 19 heavy (non-hydrogen) atoms. The molecule has 100 valence electrons. The van der Waals surface area contributed by atoms with Gasteiger partial charge in [0.1, 0.15) is 5.75 Å². The summed E-state index contributed by atoms with van der Waals surface area (Å²) in [7, 11) is 1.67. The van der Waals surface area contributed by atoms with Gasteiger partial charge < -0.3 is 14.5 Å². The first-order chi connectivity index (χ1) is 9.36. The van der Waals surface area contributed by atoms with E-state index in [0.717, 1.165) is 30.7 Å². The Balaban J connectivity index is 1.76. The normalized spacial score (nSPS) is 18.7. The molecule has 1 aromatic carbocycles. The van der Waals surface area contributed by atoms with Crippen molar-refractivity contribution in [2.45, 2.75) is 25.3 Å². The molecule has 1 atom stereocenters. The molecule has 5 nitrogen and oxygen atoms in total. The van der Waals surface area contributed by atoms with Gasteiger partial charge in [-0.25, -0.2) is 0 Å². The molecule has 0 bridgehead atoms. The first kappa shape index (κ1) is 12.2. The molecule has 1 N–H and O–H groups in total. The number of hydrogen-bond donors (Lipinski definition) is 1. The third kappa shape index (κ3) is 2.61. The van der Waals surface area contributed by atoms with Crippen LogP contribution in [0, 0.1) is 0 Å². The highest BCUT2D eigenvalue weighted by Gasteiger charge is 2.22. The summed E-state index contributed by atoms with van der Waals surface area (Å²) in [6, 6.07) is 8.10. The number of nitrogens with zero attached hydrogens (tertiary/aromatic N) is 2. The van der Waals surface area contributed by atoms with Crippen molar-refractivity contribution in [1.29, 1.82) is 0 Å². The highest BCUT2D eigenvalue weighted by atomic mass is 16.5. The minimum absolute atomic E-state index is 0.221. The van der Waals surface area contributed by atoms with Crippen molar-refractivity contribution in [3.05, 3.63) is 41.6 Å². The fourth-order valence-corrected chi connectivity index (χ4v) is 2.39. The van der Waals surface area contributed by atoms with Crippen LogP contribution in [0.3, 0.4) is 0 Å². The van der Waals surface area contributed by atoms with Crippen molar-refractivity contribution in [2.24, 2.45) is 0 Å². The molecule has 0 saturated carbocycles. The zero-order valence-corrected chi connectivity index (χ0v) is 10.9. The van der Waals surface area contributed by atoms with Crippen molar-refractivity contribution >= 4 is 0 Å². The molecular weight excluding hydrogens is 242 g/mol. The van der Waals surface area contributed by atoms with Gasteiger partial charge in [0.25, 0.3) is 0 Å². The van der Waals surface area contributed by atoms with Gasteiger partial charge in [-0.15, -0.1) is 10.2 Å². The van der Waals surface area contributed by atoms with E-state index in [1.165, 1.54) is 0 Å². The highest BCUT2D eigenvalue weighted by molar-refractivity contribution is 5.34. The Morgan fingerprint density at radius 2 is 2.26 bits per heavy atom. The van der Waals surface area contributed by atoms with Crippen LogP contribution in [-0.2, 0) is 6.42 Å². The summed E-state index contributed by atoms with van der Waals surface area (Å²) in [6.45, 7) is 1.02. The van der Waals surface area contributed by atoms with Gasteiger partial charge in [0.2, 0.25) is 11.8 Å². The van der Waals surface area contributed by atoms with Crippen LogP contribution < -0.4 is 10.1 Å². The second-order valence-electron chi connectivity index (χ2n) is 4.67. The summed E-state index contributed by atoms with van der Waals surface area (Å²) in [5, 5.41) is 11.6. The van der Waals surface area contributed by atoms with Crippen LogP contribution in [0.5, 0.6) is 5.75 Å². The zero-order chi connectivity index (χ0) is 13.1. The smallest absolute Gasteiger partial charge is 0.233 e. The molecule has 1 unspecified atom stereocenters. The molecule has 2 aromatic rings. The molecule has 0 spiro atoms. The van der Waals surface area contributed by atoms with Crippen LogP contribution in [-0.4, -0.2) is 23.9 Å². The average molecular weight is 259 g/mol. The second-order valence-corrected chi connectivity index (χ2v) is 4.67. The van der Waals surface area contributed by atoms with Gasteiger partial charge in [0.05, 0.1) is 19.6 Å². The maximum absolute atomic E-state index is 5.73. The minimum Gasteiger partial charge on any atom is -0.496 e. The number of ether oxygens (including phenoxy) is 1. The summed E-state index contributed by atoms with van der Waals surface area (Å²) in [6.07, 6.45) is 2.83. The molecule has 2 heterocycles. The molecule has 1 aliphatic heterocycles. The lowest BCUT2D eigenvalue weighted by molar-refractivity contribution is 0.396. The number of benzene rings is 1. The first-order valence-corrected chi connectivity index (χ1v) is 6.54. The quantitative estimate of drug-likeness (QED) is 0.911. The van der Waals surface area contributed by atoms with Crippen molar-refractivity contribution in [3.8, 4) is 5.75 Å².